The van der Waals surface area contributed by atoms with E-state index >= 15 is 0 Å². The van der Waals surface area contributed by atoms with Gasteiger partial charge in [-0.1, -0.05) is 32.6 Å². The molecule has 2 saturated carbocycles. The molecule has 3 N–H and O–H groups in total. The fourth-order valence-corrected chi connectivity index (χ4v) is 3.79. The van der Waals surface area contributed by atoms with Gasteiger partial charge in [0.2, 0.25) is 0 Å². The smallest absolute Gasteiger partial charge is 0.00792 e. The Kier molecular flexibility index (Phi) is 4.87. The molecule has 2 rings (SSSR count). The second-order valence-corrected chi connectivity index (χ2v) is 6.40. The molecule has 2 heteroatoms. The third kappa shape index (κ3) is 3.45. The van der Waals surface area contributed by atoms with E-state index in [-0.39, 0.29) is 0 Å². The summed E-state index contributed by atoms with van der Waals surface area (Å²) in [5, 5.41) is 3.74. The second kappa shape index (κ2) is 6.19. The van der Waals surface area contributed by atoms with E-state index in [9.17, 15) is 0 Å². The highest BCUT2D eigenvalue weighted by Crippen LogP contribution is 2.40. The van der Waals surface area contributed by atoms with Crippen molar-refractivity contribution in [3.63, 3.8) is 0 Å². The van der Waals surface area contributed by atoms with Crippen LogP contribution in [0.3, 0.4) is 0 Å². The standard InChI is InChI=1S/C15H30N2/c1-2-15(9-5-6-10-15)12-17-11-13-7-3-4-8-14(13)16/h13-14,17H,2-12,16H2,1H3. The molecule has 17 heavy (non-hydrogen) atoms. The molecule has 0 bridgehead atoms. The van der Waals surface area contributed by atoms with Crippen LogP contribution in [0.1, 0.15) is 64.7 Å². The van der Waals surface area contributed by atoms with Crippen LogP contribution in [0.4, 0.5) is 0 Å². The molecule has 0 heterocycles. The fraction of sp³-hybridized carbons (Fsp3) is 1.00. The number of hydrogen-bond donors (Lipinski definition) is 2. The summed E-state index contributed by atoms with van der Waals surface area (Å²) in [5.74, 6) is 0.735. The summed E-state index contributed by atoms with van der Waals surface area (Å²) in [6, 6.07) is 0.456. The molecule has 0 aromatic rings. The van der Waals surface area contributed by atoms with Crippen LogP contribution in [-0.4, -0.2) is 19.1 Å². The van der Waals surface area contributed by atoms with E-state index in [0.717, 1.165) is 12.5 Å². The molecule has 2 aliphatic rings. The first-order chi connectivity index (χ1) is 8.26. The lowest BCUT2D eigenvalue weighted by molar-refractivity contribution is 0.240. The highest BCUT2D eigenvalue weighted by molar-refractivity contribution is 4.87. The molecule has 2 aliphatic carbocycles. The average Bonchev–Trinajstić information content (AvgIpc) is 2.81. The minimum Gasteiger partial charge on any atom is -0.327 e. The van der Waals surface area contributed by atoms with E-state index < -0.39 is 0 Å². The normalized spacial score (nSPS) is 32.8. The van der Waals surface area contributed by atoms with Gasteiger partial charge in [0, 0.05) is 12.6 Å². The Morgan fingerprint density at radius 2 is 1.82 bits per heavy atom. The van der Waals surface area contributed by atoms with E-state index in [0.29, 0.717) is 11.5 Å². The first kappa shape index (κ1) is 13.4. The van der Waals surface area contributed by atoms with Gasteiger partial charge in [0.05, 0.1) is 0 Å². The van der Waals surface area contributed by atoms with Gasteiger partial charge in [-0.05, 0) is 50.0 Å². The van der Waals surface area contributed by atoms with Crippen LogP contribution in [-0.2, 0) is 0 Å². The third-order valence-corrected chi connectivity index (χ3v) is 5.29. The highest BCUT2D eigenvalue weighted by Gasteiger charge is 2.32. The van der Waals surface area contributed by atoms with Gasteiger partial charge in [-0.25, -0.2) is 0 Å². The van der Waals surface area contributed by atoms with Gasteiger partial charge in [-0.15, -0.1) is 0 Å². The molecule has 0 saturated heterocycles. The number of nitrogens with one attached hydrogen (secondary N) is 1. The number of nitrogens with two attached hydrogens (primary N) is 1. The molecule has 2 nitrogen and oxygen atoms in total. The zero-order valence-corrected chi connectivity index (χ0v) is 11.5. The Labute approximate surface area is 107 Å². The van der Waals surface area contributed by atoms with E-state index in [2.05, 4.69) is 12.2 Å². The molecule has 0 radical (unpaired) electrons. The van der Waals surface area contributed by atoms with Crippen LogP contribution >= 0.6 is 0 Å². The molecule has 0 spiro atoms. The van der Waals surface area contributed by atoms with Crippen LogP contribution in [0.5, 0.6) is 0 Å². The summed E-state index contributed by atoms with van der Waals surface area (Å²) in [6.07, 6.45) is 12.4. The van der Waals surface area contributed by atoms with Crippen molar-refractivity contribution in [2.24, 2.45) is 17.1 Å². The molecule has 2 fully saturated rings. The summed E-state index contributed by atoms with van der Waals surface area (Å²) in [7, 11) is 0. The molecule has 2 unspecified atom stereocenters. The number of rotatable bonds is 5. The minimum atomic E-state index is 0.456. The van der Waals surface area contributed by atoms with Gasteiger partial charge >= 0.3 is 0 Å². The lowest BCUT2D eigenvalue weighted by atomic mass is 9.82. The molecule has 0 aromatic heterocycles. The Bertz CT molecular complexity index is 221. The molecule has 2 atom stereocenters. The minimum absolute atomic E-state index is 0.456. The third-order valence-electron chi connectivity index (χ3n) is 5.29. The van der Waals surface area contributed by atoms with E-state index in [4.69, 9.17) is 5.73 Å². The van der Waals surface area contributed by atoms with Gasteiger partial charge < -0.3 is 11.1 Å². The van der Waals surface area contributed by atoms with E-state index in [1.54, 1.807) is 0 Å². The lowest BCUT2D eigenvalue weighted by Gasteiger charge is -2.32. The van der Waals surface area contributed by atoms with Gasteiger partial charge in [0.25, 0.3) is 0 Å². The maximum Gasteiger partial charge on any atom is 0.00792 e. The predicted octanol–water partition coefficient (Wildman–Crippen LogP) is 3.06. The first-order valence-electron chi connectivity index (χ1n) is 7.72. The van der Waals surface area contributed by atoms with Gasteiger partial charge in [0.15, 0.2) is 0 Å². The largest absolute Gasteiger partial charge is 0.327 e. The van der Waals surface area contributed by atoms with E-state index in [1.165, 1.54) is 64.3 Å². The summed E-state index contributed by atoms with van der Waals surface area (Å²) in [5.41, 5.74) is 6.82. The average molecular weight is 238 g/mol. The molecular weight excluding hydrogens is 208 g/mol. The second-order valence-electron chi connectivity index (χ2n) is 6.40. The predicted molar refractivity (Wildman–Crippen MR) is 74.0 cm³/mol. The summed E-state index contributed by atoms with van der Waals surface area (Å²) < 4.78 is 0. The topological polar surface area (TPSA) is 38.0 Å². The van der Waals surface area contributed by atoms with Crippen LogP contribution in [0, 0.1) is 11.3 Å². The van der Waals surface area contributed by atoms with Crippen LogP contribution in [0.2, 0.25) is 0 Å². The van der Waals surface area contributed by atoms with Crippen molar-refractivity contribution in [2.75, 3.05) is 13.1 Å². The summed E-state index contributed by atoms with van der Waals surface area (Å²) in [6.45, 7) is 4.75. The van der Waals surface area contributed by atoms with Gasteiger partial charge in [-0.3, -0.25) is 0 Å². The van der Waals surface area contributed by atoms with Crippen molar-refractivity contribution < 1.29 is 0 Å². The monoisotopic (exact) mass is 238 g/mol. The van der Waals surface area contributed by atoms with Crippen molar-refractivity contribution in [1.29, 1.82) is 0 Å². The molecule has 100 valence electrons. The number of hydrogen-bond acceptors (Lipinski definition) is 2. The van der Waals surface area contributed by atoms with Crippen LogP contribution < -0.4 is 11.1 Å². The Morgan fingerprint density at radius 1 is 1.12 bits per heavy atom. The fourth-order valence-electron chi connectivity index (χ4n) is 3.79. The van der Waals surface area contributed by atoms with Gasteiger partial charge in [-0.2, -0.15) is 0 Å². The Balaban J connectivity index is 1.71. The molecule has 0 aliphatic heterocycles. The summed E-state index contributed by atoms with van der Waals surface area (Å²) in [4.78, 5) is 0. The van der Waals surface area contributed by atoms with Crippen LogP contribution in [0.15, 0.2) is 0 Å². The van der Waals surface area contributed by atoms with Crippen molar-refractivity contribution in [2.45, 2.75) is 70.8 Å². The molecule has 0 amide bonds. The lowest BCUT2D eigenvalue weighted by Crippen LogP contribution is -2.42. The maximum absolute atomic E-state index is 6.20. The van der Waals surface area contributed by atoms with Crippen molar-refractivity contribution >= 4 is 0 Å². The Hall–Kier alpha value is -0.0800. The zero-order chi connectivity index (χ0) is 12.1. The van der Waals surface area contributed by atoms with Crippen molar-refractivity contribution in [3.8, 4) is 0 Å². The molecule has 0 aromatic carbocycles. The SMILES string of the molecule is CCC1(CNCC2CCCCC2N)CCCC1. The van der Waals surface area contributed by atoms with Crippen molar-refractivity contribution in [3.05, 3.63) is 0 Å². The first-order valence-corrected chi connectivity index (χ1v) is 7.72. The van der Waals surface area contributed by atoms with Crippen molar-refractivity contribution in [1.82, 2.24) is 5.32 Å². The quantitative estimate of drug-likeness (QED) is 0.772. The Morgan fingerprint density at radius 3 is 2.47 bits per heavy atom. The van der Waals surface area contributed by atoms with Gasteiger partial charge in [0.1, 0.15) is 0 Å². The van der Waals surface area contributed by atoms with E-state index in [1.807, 2.05) is 0 Å². The summed E-state index contributed by atoms with van der Waals surface area (Å²) >= 11 is 0. The maximum atomic E-state index is 6.20. The molecular formula is C15H30N2. The zero-order valence-electron chi connectivity index (χ0n) is 11.5. The van der Waals surface area contributed by atoms with Crippen LogP contribution in [0.25, 0.3) is 0 Å². The highest BCUT2D eigenvalue weighted by atomic mass is 14.9.